The van der Waals surface area contributed by atoms with Gasteiger partial charge in [-0.25, -0.2) is 0 Å². The third kappa shape index (κ3) is 2.80. The molecule has 106 valence electrons. The van der Waals surface area contributed by atoms with E-state index < -0.39 is 0 Å². The Morgan fingerprint density at radius 1 is 0.857 bits per heavy atom. The first-order valence-corrected chi connectivity index (χ1v) is 8.73. The van der Waals surface area contributed by atoms with Gasteiger partial charge in [-0.2, -0.15) is 0 Å². The van der Waals surface area contributed by atoms with Crippen molar-refractivity contribution in [3.63, 3.8) is 0 Å². The van der Waals surface area contributed by atoms with Crippen LogP contribution in [0.1, 0.15) is 17.0 Å². The predicted octanol–water partition coefficient (Wildman–Crippen LogP) is 2.45. The predicted molar refractivity (Wildman–Crippen MR) is 89.2 cm³/mol. The molecule has 0 aliphatic rings. The van der Waals surface area contributed by atoms with E-state index in [0.717, 1.165) is 11.4 Å². The molecule has 0 fully saturated rings. The molecule has 0 aliphatic carbocycles. The maximum atomic E-state index is 4.74. The third-order valence-electron chi connectivity index (χ3n) is 3.53. The van der Waals surface area contributed by atoms with Crippen LogP contribution >= 0.6 is 0 Å². The van der Waals surface area contributed by atoms with Crippen LogP contribution in [0.4, 0.5) is 0 Å². The molecule has 1 aromatic heterocycles. The van der Waals surface area contributed by atoms with E-state index in [-0.39, 0.29) is 0 Å². The van der Waals surface area contributed by atoms with Gasteiger partial charge < -0.3 is 0 Å². The van der Waals surface area contributed by atoms with Crippen LogP contribution in [0.5, 0.6) is 0 Å². The summed E-state index contributed by atoms with van der Waals surface area (Å²) in [6, 6.07) is 19.0. The van der Waals surface area contributed by atoms with Crippen LogP contribution in [0.2, 0.25) is 0 Å². The van der Waals surface area contributed by atoms with Crippen molar-refractivity contribution in [2.45, 2.75) is 20.8 Å². The minimum absolute atomic E-state index is 0.298. The molecule has 0 saturated carbocycles. The second kappa shape index (κ2) is 5.88. The van der Waals surface area contributed by atoms with Crippen LogP contribution in [0.15, 0.2) is 54.6 Å². The molecule has 3 heteroatoms. The van der Waals surface area contributed by atoms with Crippen LogP contribution < -0.4 is 8.92 Å². The molecule has 2 nitrogen and oxygen atoms in total. The second-order valence-electron chi connectivity index (χ2n) is 5.11. The van der Waals surface area contributed by atoms with Gasteiger partial charge in [0.1, 0.15) is 0 Å². The summed E-state index contributed by atoms with van der Waals surface area (Å²) >= 11 is 0.298. The number of rotatable bonds is 3. The van der Waals surface area contributed by atoms with Gasteiger partial charge in [-0.3, -0.25) is 0 Å². The van der Waals surface area contributed by atoms with Crippen molar-refractivity contribution in [3.8, 4) is 5.69 Å². The second-order valence-corrected chi connectivity index (χ2v) is 7.32. The fourth-order valence-corrected chi connectivity index (χ4v) is 4.51. The van der Waals surface area contributed by atoms with Gasteiger partial charge in [0.2, 0.25) is 0 Å². The maximum absolute atomic E-state index is 4.74. The van der Waals surface area contributed by atoms with Crippen molar-refractivity contribution < 1.29 is 0 Å². The fraction of sp³-hybridized carbons (Fsp3) is 0.167. The normalized spacial score (nSPS) is 10.8. The van der Waals surface area contributed by atoms with Crippen LogP contribution in [-0.4, -0.2) is 24.7 Å². The fourth-order valence-electron chi connectivity index (χ4n) is 2.38. The van der Waals surface area contributed by atoms with Crippen molar-refractivity contribution in [2.24, 2.45) is 0 Å². The summed E-state index contributed by atoms with van der Waals surface area (Å²) in [4.78, 5) is 0. The molecule has 0 N–H and O–H groups in total. The van der Waals surface area contributed by atoms with Crippen molar-refractivity contribution in [1.82, 2.24) is 9.78 Å². The van der Waals surface area contributed by atoms with E-state index in [2.05, 4.69) is 74.0 Å². The summed E-state index contributed by atoms with van der Waals surface area (Å²) in [6.07, 6.45) is 0. The van der Waals surface area contributed by atoms with Gasteiger partial charge in [-0.15, -0.1) is 0 Å². The first-order valence-electron chi connectivity index (χ1n) is 7.02. The Hall–Kier alpha value is -1.83. The molecule has 3 rings (SSSR count). The Morgan fingerprint density at radius 2 is 1.52 bits per heavy atom. The molecule has 0 unspecified atom stereocenters. The zero-order chi connectivity index (χ0) is 14.8. The molecule has 1 heterocycles. The van der Waals surface area contributed by atoms with Gasteiger partial charge in [0.25, 0.3) is 0 Å². The van der Waals surface area contributed by atoms with Crippen molar-refractivity contribution in [3.05, 3.63) is 71.5 Å². The summed E-state index contributed by atoms with van der Waals surface area (Å²) in [5.41, 5.74) is 4.88. The molecule has 21 heavy (non-hydrogen) atoms. The topological polar surface area (TPSA) is 17.8 Å². The van der Waals surface area contributed by atoms with E-state index in [4.69, 9.17) is 5.10 Å². The van der Waals surface area contributed by atoms with E-state index in [1.165, 1.54) is 20.2 Å². The quantitative estimate of drug-likeness (QED) is 0.669. The number of benzene rings is 2. The minimum atomic E-state index is 0.298. The molecule has 0 spiro atoms. The zero-order valence-electron chi connectivity index (χ0n) is 12.5. The summed E-state index contributed by atoms with van der Waals surface area (Å²) in [5.74, 6) is 0. The van der Waals surface area contributed by atoms with Gasteiger partial charge in [0.05, 0.1) is 0 Å². The van der Waals surface area contributed by atoms with Crippen molar-refractivity contribution >= 4 is 23.9 Å². The van der Waals surface area contributed by atoms with Crippen LogP contribution in [0.3, 0.4) is 0 Å². The Labute approximate surface area is 132 Å². The molecule has 2 aromatic carbocycles. The number of hydrogen-bond donors (Lipinski definition) is 0. The summed E-state index contributed by atoms with van der Waals surface area (Å²) in [7, 11) is 0. The molecule has 0 radical (unpaired) electrons. The van der Waals surface area contributed by atoms with Gasteiger partial charge >= 0.3 is 132 Å². The molecular weight excluding hydrogens is 323 g/mol. The number of hydrogen-bond acceptors (Lipinski definition) is 1. The van der Waals surface area contributed by atoms with E-state index in [1.807, 2.05) is 6.07 Å². The zero-order valence-corrected chi connectivity index (χ0v) is 14.2. The average molecular weight is 341 g/mol. The van der Waals surface area contributed by atoms with Gasteiger partial charge in [-0.1, -0.05) is 0 Å². The number of aryl methyl sites for hydroxylation is 2. The third-order valence-corrected chi connectivity index (χ3v) is 6.62. The molecule has 0 aliphatic heterocycles. The van der Waals surface area contributed by atoms with Crippen LogP contribution in [0, 0.1) is 20.8 Å². The molecular formula is C18H18N2Se. The summed E-state index contributed by atoms with van der Waals surface area (Å²) in [6.45, 7) is 6.47. The van der Waals surface area contributed by atoms with Gasteiger partial charge in [0, 0.05) is 0 Å². The summed E-state index contributed by atoms with van der Waals surface area (Å²) < 4.78 is 4.88. The standard InChI is InChI=1S/C18H18N2Se/c1-13-9-7-8-12-17(13)21-18-14(2)19-20(15(18)3)16-10-5-4-6-11-16/h4-12H,1-3H3. The van der Waals surface area contributed by atoms with Gasteiger partial charge in [0.15, 0.2) is 0 Å². The first kappa shape index (κ1) is 14.1. The van der Waals surface area contributed by atoms with Gasteiger partial charge in [-0.05, 0) is 0 Å². The monoisotopic (exact) mass is 342 g/mol. The SMILES string of the molecule is Cc1ccccc1[Se]c1c(C)nn(-c2ccccc2)c1C. The van der Waals surface area contributed by atoms with Crippen molar-refractivity contribution in [1.29, 1.82) is 0 Å². The molecule has 3 aromatic rings. The number of nitrogens with zero attached hydrogens (tertiary/aromatic N) is 2. The summed E-state index contributed by atoms with van der Waals surface area (Å²) in [5, 5.41) is 4.74. The Kier molecular flexibility index (Phi) is 3.96. The first-order chi connectivity index (χ1) is 10.2. The number of para-hydroxylation sites is 1. The van der Waals surface area contributed by atoms with Crippen LogP contribution in [-0.2, 0) is 0 Å². The van der Waals surface area contributed by atoms with Crippen LogP contribution in [0.25, 0.3) is 5.69 Å². The van der Waals surface area contributed by atoms with E-state index in [0.29, 0.717) is 15.0 Å². The van der Waals surface area contributed by atoms with E-state index in [9.17, 15) is 0 Å². The molecule has 0 atom stereocenters. The van der Waals surface area contributed by atoms with Crippen molar-refractivity contribution in [2.75, 3.05) is 0 Å². The Morgan fingerprint density at radius 3 is 2.24 bits per heavy atom. The average Bonchev–Trinajstić information content (AvgIpc) is 2.78. The number of aromatic nitrogens is 2. The van der Waals surface area contributed by atoms with E-state index >= 15 is 0 Å². The molecule has 0 amide bonds. The Bertz CT molecular complexity index is 760. The van der Waals surface area contributed by atoms with E-state index in [1.54, 1.807) is 0 Å². The molecule has 0 bridgehead atoms. The molecule has 0 saturated heterocycles. The Balaban J connectivity index is 2.01.